The number of hydrogen-bond donors (Lipinski definition) is 3. The quantitative estimate of drug-likeness (QED) is 0.0532. The molecule has 0 aromatic carbocycles. The zero-order chi connectivity index (χ0) is 43.7. The van der Waals surface area contributed by atoms with Crippen molar-refractivity contribution in [3.8, 4) is 0 Å². The minimum Gasteiger partial charge on any atom is -0.393 e. The van der Waals surface area contributed by atoms with Gasteiger partial charge in [0.05, 0.1) is 6.10 Å². The molecule has 2 atom stereocenters. The SMILES string of the molecule is CCCCCCCCC(CCCCCC)CNC(=O)CCCCCN(CCCCCC(=O)NCC(CCCCCC)CCCCCCCC)CCN(CCC)C1CC(O)C1. The van der Waals surface area contributed by atoms with Crippen LogP contribution in [0.3, 0.4) is 0 Å². The molecular formula is C53H106N4O3. The van der Waals surface area contributed by atoms with Gasteiger partial charge in [0.2, 0.25) is 11.8 Å². The van der Waals surface area contributed by atoms with E-state index in [1.165, 1.54) is 154 Å². The molecule has 0 aromatic heterocycles. The third kappa shape index (κ3) is 33.4. The molecule has 0 aliphatic heterocycles. The molecule has 1 fully saturated rings. The molecule has 2 unspecified atom stereocenters. The number of unbranched alkanes of at least 4 members (excludes halogenated alkanes) is 20. The highest BCUT2D eigenvalue weighted by molar-refractivity contribution is 5.76. The van der Waals surface area contributed by atoms with Crippen molar-refractivity contribution >= 4 is 11.8 Å². The first kappa shape index (κ1) is 56.8. The molecule has 60 heavy (non-hydrogen) atoms. The van der Waals surface area contributed by atoms with Crippen LogP contribution in [0.2, 0.25) is 0 Å². The van der Waals surface area contributed by atoms with Crippen molar-refractivity contribution in [2.75, 3.05) is 45.8 Å². The molecule has 356 valence electrons. The van der Waals surface area contributed by atoms with Crippen molar-refractivity contribution in [3.05, 3.63) is 0 Å². The second-order valence-corrected chi connectivity index (χ2v) is 19.4. The van der Waals surface area contributed by atoms with E-state index in [0.29, 0.717) is 30.7 Å². The van der Waals surface area contributed by atoms with E-state index in [4.69, 9.17) is 0 Å². The van der Waals surface area contributed by atoms with Crippen LogP contribution in [0.15, 0.2) is 0 Å². The Bertz CT molecular complexity index is 885. The minimum atomic E-state index is -0.117. The summed E-state index contributed by atoms with van der Waals surface area (Å²) < 4.78 is 0. The maximum Gasteiger partial charge on any atom is 0.220 e. The summed E-state index contributed by atoms with van der Waals surface area (Å²) in [4.78, 5) is 31.1. The van der Waals surface area contributed by atoms with Crippen molar-refractivity contribution in [1.82, 2.24) is 20.4 Å². The molecule has 0 saturated heterocycles. The van der Waals surface area contributed by atoms with E-state index in [2.05, 4.69) is 55.1 Å². The monoisotopic (exact) mass is 847 g/mol. The number of aliphatic hydroxyl groups is 1. The second kappa shape index (κ2) is 41.8. The number of carbonyl (C=O) groups excluding carboxylic acids is 2. The molecule has 7 nitrogen and oxygen atoms in total. The van der Waals surface area contributed by atoms with Crippen molar-refractivity contribution in [3.63, 3.8) is 0 Å². The van der Waals surface area contributed by atoms with Gasteiger partial charge in [-0.25, -0.2) is 0 Å². The lowest BCUT2D eigenvalue weighted by molar-refractivity contribution is -0.122. The van der Waals surface area contributed by atoms with Crippen LogP contribution in [0, 0.1) is 11.8 Å². The Morgan fingerprint density at radius 3 is 1.20 bits per heavy atom. The van der Waals surface area contributed by atoms with Gasteiger partial charge in [-0.2, -0.15) is 0 Å². The van der Waals surface area contributed by atoms with Gasteiger partial charge in [0.25, 0.3) is 0 Å². The molecule has 7 heteroatoms. The predicted molar refractivity (Wildman–Crippen MR) is 261 cm³/mol. The van der Waals surface area contributed by atoms with E-state index in [1.807, 2.05) is 0 Å². The molecule has 0 bridgehead atoms. The molecule has 0 spiro atoms. The molecule has 3 N–H and O–H groups in total. The highest BCUT2D eigenvalue weighted by Gasteiger charge is 2.31. The topological polar surface area (TPSA) is 84.9 Å². The van der Waals surface area contributed by atoms with E-state index in [-0.39, 0.29) is 17.9 Å². The molecule has 1 rings (SSSR count). The Morgan fingerprint density at radius 2 is 0.817 bits per heavy atom. The Kier molecular flexibility index (Phi) is 39.6. The predicted octanol–water partition coefficient (Wildman–Crippen LogP) is 13.6. The fraction of sp³-hybridized carbons (Fsp3) is 0.962. The van der Waals surface area contributed by atoms with Gasteiger partial charge in [-0.3, -0.25) is 14.5 Å². The maximum atomic E-state index is 12.9. The van der Waals surface area contributed by atoms with Crippen LogP contribution in [-0.2, 0) is 9.59 Å². The number of rotatable bonds is 46. The summed E-state index contributed by atoms with van der Waals surface area (Å²) in [6.07, 6.45) is 42.1. The van der Waals surface area contributed by atoms with E-state index >= 15 is 0 Å². The van der Waals surface area contributed by atoms with Crippen LogP contribution in [-0.4, -0.2) is 84.7 Å². The standard InChI is InChI=1S/C53H106N4O3/c1-6-11-15-19-21-27-35-48(33-25-17-13-8-3)46-54-52(59)37-29-23-31-40-56(42-43-57(39-10-5)50-44-51(58)45-50)41-32-24-30-38-53(60)55-47-49(34-26-18-14-9-4)36-28-22-20-16-12-7-2/h48-51,58H,6-47H2,1-5H3,(H,54,59)(H,55,60). The van der Waals surface area contributed by atoms with Gasteiger partial charge < -0.3 is 20.6 Å². The minimum absolute atomic E-state index is 0.117. The van der Waals surface area contributed by atoms with Crippen LogP contribution in [0.5, 0.6) is 0 Å². The van der Waals surface area contributed by atoms with Gasteiger partial charge in [0.1, 0.15) is 0 Å². The van der Waals surface area contributed by atoms with Crippen LogP contribution >= 0.6 is 0 Å². The van der Waals surface area contributed by atoms with Gasteiger partial charge in [-0.1, -0.05) is 176 Å². The van der Waals surface area contributed by atoms with E-state index in [1.54, 1.807) is 0 Å². The highest BCUT2D eigenvalue weighted by atomic mass is 16.3. The van der Waals surface area contributed by atoms with Crippen molar-refractivity contribution in [1.29, 1.82) is 0 Å². The maximum absolute atomic E-state index is 12.9. The summed E-state index contributed by atoms with van der Waals surface area (Å²) in [5.74, 6) is 1.76. The highest BCUT2D eigenvalue weighted by Crippen LogP contribution is 2.26. The van der Waals surface area contributed by atoms with E-state index in [0.717, 1.165) is 104 Å². The van der Waals surface area contributed by atoms with Gasteiger partial charge >= 0.3 is 0 Å². The fourth-order valence-corrected chi connectivity index (χ4v) is 9.36. The normalized spacial score (nSPS) is 16.3. The second-order valence-electron chi connectivity index (χ2n) is 19.4. The van der Waals surface area contributed by atoms with Crippen LogP contribution in [0.4, 0.5) is 0 Å². The number of hydrogen-bond acceptors (Lipinski definition) is 5. The lowest BCUT2D eigenvalue weighted by Gasteiger charge is -2.41. The summed E-state index contributed by atoms with van der Waals surface area (Å²) >= 11 is 0. The van der Waals surface area contributed by atoms with Crippen LogP contribution in [0.25, 0.3) is 0 Å². The molecule has 0 aromatic rings. The Hall–Kier alpha value is -1.18. The molecule has 1 saturated carbocycles. The third-order valence-corrected chi connectivity index (χ3v) is 13.6. The van der Waals surface area contributed by atoms with Gasteiger partial charge in [-0.05, 0) is 102 Å². The first-order valence-electron chi connectivity index (χ1n) is 27.0. The van der Waals surface area contributed by atoms with Crippen molar-refractivity contribution in [2.24, 2.45) is 11.8 Å². The summed E-state index contributed by atoms with van der Waals surface area (Å²) in [6, 6.07) is 0.530. The van der Waals surface area contributed by atoms with Crippen LogP contribution in [0.1, 0.15) is 259 Å². The summed E-state index contributed by atoms with van der Waals surface area (Å²) in [5, 5.41) is 16.7. The third-order valence-electron chi connectivity index (χ3n) is 13.6. The molecule has 2 amide bonds. The Balaban J connectivity index is 2.51. The number of nitrogens with zero attached hydrogens (tertiary/aromatic N) is 2. The van der Waals surface area contributed by atoms with Crippen molar-refractivity contribution in [2.45, 2.75) is 271 Å². The number of aliphatic hydroxyl groups excluding tert-OH is 1. The zero-order valence-corrected chi connectivity index (χ0v) is 41.2. The average molecular weight is 847 g/mol. The summed E-state index contributed by atoms with van der Waals surface area (Å²) in [6.45, 7) is 18.5. The molecular weight excluding hydrogens is 741 g/mol. The smallest absolute Gasteiger partial charge is 0.220 e. The van der Waals surface area contributed by atoms with E-state index in [9.17, 15) is 14.7 Å². The lowest BCUT2D eigenvalue weighted by atomic mass is 9.88. The first-order chi connectivity index (χ1) is 29.4. The van der Waals surface area contributed by atoms with E-state index < -0.39 is 0 Å². The fourth-order valence-electron chi connectivity index (χ4n) is 9.36. The molecule has 0 radical (unpaired) electrons. The number of carbonyl (C=O) groups is 2. The summed E-state index contributed by atoms with van der Waals surface area (Å²) in [5.41, 5.74) is 0. The molecule has 1 aliphatic carbocycles. The van der Waals surface area contributed by atoms with Gasteiger partial charge in [0.15, 0.2) is 0 Å². The first-order valence-corrected chi connectivity index (χ1v) is 27.0. The van der Waals surface area contributed by atoms with Gasteiger partial charge in [0, 0.05) is 45.1 Å². The zero-order valence-electron chi connectivity index (χ0n) is 41.2. The largest absolute Gasteiger partial charge is 0.393 e. The van der Waals surface area contributed by atoms with Gasteiger partial charge in [-0.15, -0.1) is 0 Å². The molecule has 1 aliphatic rings. The van der Waals surface area contributed by atoms with Crippen molar-refractivity contribution < 1.29 is 14.7 Å². The Labute approximate surface area is 374 Å². The Morgan fingerprint density at radius 1 is 0.450 bits per heavy atom. The number of nitrogens with one attached hydrogen (secondary N) is 2. The van der Waals surface area contributed by atoms with Crippen LogP contribution < -0.4 is 10.6 Å². The molecule has 0 heterocycles. The average Bonchev–Trinajstić information content (AvgIpc) is 3.23. The summed E-state index contributed by atoms with van der Waals surface area (Å²) in [7, 11) is 0. The number of amides is 2. The lowest BCUT2D eigenvalue weighted by Crippen LogP contribution is -2.49.